The van der Waals surface area contributed by atoms with Crippen LogP contribution in [0.1, 0.15) is 33.6 Å². The molecular weight excluding hydrogens is 132 g/mol. The van der Waals surface area contributed by atoms with E-state index in [0.29, 0.717) is 0 Å². The molecule has 0 saturated carbocycles. The topological polar surface area (TPSA) is 20.2 Å². The van der Waals surface area contributed by atoms with Gasteiger partial charge in [-0.05, 0) is 6.42 Å². The van der Waals surface area contributed by atoms with Crippen LogP contribution < -0.4 is 0 Å². The van der Waals surface area contributed by atoms with Gasteiger partial charge in [0.1, 0.15) is 0 Å². The Hall–Kier alpha value is 0.310. The molecule has 0 aromatic carbocycles. The van der Waals surface area contributed by atoms with Crippen molar-refractivity contribution in [1.29, 1.82) is 0 Å². The van der Waals surface area contributed by atoms with Gasteiger partial charge in [-0.15, -0.1) is 11.8 Å². The maximum atomic E-state index is 8.59. The highest BCUT2D eigenvalue weighted by molar-refractivity contribution is 8.00. The Morgan fingerprint density at radius 3 is 2.33 bits per heavy atom. The van der Waals surface area contributed by atoms with Gasteiger partial charge in [-0.25, -0.2) is 0 Å². The van der Waals surface area contributed by atoms with Gasteiger partial charge in [-0.2, -0.15) is 0 Å². The standard InChI is InChI=1S/C7H16OS/c1-4-5-7(2,3)9-6-8/h8H,4-6H2,1-3H3. The summed E-state index contributed by atoms with van der Waals surface area (Å²) in [7, 11) is 0. The summed E-state index contributed by atoms with van der Waals surface area (Å²) in [6.07, 6.45) is 2.37. The summed E-state index contributed by atoms with van der Waals surface area (Å²) in [6.45, 7) is 6.49. The van der Waals surface area contributed by atoms with E-state index in [-0.39, 0.29) is 10.7 Å². The summed E-state index contributed by atoms with van der Waals surface area (Å²) >= 11 is 1.61. The Labute approximate surface area is 61.8 Å². The zero-order valence-corrected chi connectivity index (χ0v) is 7.29. The van der Waals surface area contributed by atoms with Gasteiger partial charge in [-0.3, -0.25) is 0 Å². The molecule has 0 saturated heterocycles. The summed E-state index contributed by atoms with van der Waals surface area (Å²) in [6, 6.07) is 0. The monoisotopic (exact) mass is 148 g/mol. The smallest absolute Gasteiger partial charge is 0.0891 e. The molecule has 1 nitrogen and oxygen atoms in total. The summed E-state index contributed by atoms with van der Waals surface area (Å²) in [5.41, 5.74) is 0. The third kappa shape index (κ3) is 4.79. The second-order valence-electron chi connectivity index (χ2n) is 2.78. The van der Waals surface area contributed by atoms with Crippen LogP contribution in [0.15, 0.2) is 0 Å². The van der Waals surface area contributed by atoms with E-state index < -0.39 is 0 Å². The average Bonchev–Trinajstić information content (AvgIpc) is 1.64. The molecule has 9 heavy (non-hydrogen) atoms. The van der Waals surface area contributed by atoms with E-state index in [1.54, 1.807) is 11.8 Å². The molecule has 0 atom stereocenters. The molecule has 0 aliphatic carbocycles. The van der Waals surface area contributed by atoms with Gasteiger partial charge in [0.05, 0.1) is 5.94 Å². The molecule has 0 unspecified atom stereocenters. The van der Waals surface area contributed by atoms with Crippen LogP contribution >= 0.6 is 11.8 Å². The maximum absolute atomic E-state index is 8.59. The van der Waals surface area contributed by atoms with Crippen molar-refractivity contribution in [2.75, 3.05) is 5.94 Å². The van der Waals surface area contributed by atoms with E-state index in [4.69, 9.17) is 5.11 Å². The van der Waals surface area contributed by atoms with Gasteiger partial charge in [0.2, 0.25) is 0 Å². The number of hydrogen-bond donors (Lipinski definition) is 1. The van der Waals surface area contributed by atoms with E-state index in [1.165, 1.54) is 12.8 Å². The number of aliphatic hydroxyl groups is 1. The van der Waals surface area contributed by atoms with Crippen molar-refractivity contribution in [3.8, 4) is 0 Å². The molecule has 0 rings (SSSR count). The van der Waals surface area contributed by atoms with E-state index in [2.05, 4.69) is 20.8 Å². The van der Waals surface area contributed by atoms with Crippen LogP contribution in [-0.4, -0.2) is 15.8 Å². The van der Waals surface area contributed by atoms with Crippen LogP contribution in [0.25, 0.3) is 0 Å². The van der Waals surface area contributed by atoms with Crippen LogP contribution in [0.5, 0.6) is 0 Å². The van der Waals surface area contributed by atoms with Gasteiger partial charge in [-0.1, -0.05) is 27.2 Å². The Balaban J connectivity index is 3.43. The highest BCUT2D eigenvalue weighted by Crippen LogP contribution is 2.27. The Morgan fingerprint density at radius 2 is 2.00 bits per heavy atom. The zero-order chi connectivity index (χ0) is 7.33. The average molecular weight is 148 g/mol. The minimum Gasteiger partial charge on any atom is -0.386 e. The highest BCUT2D eigenvalue weighted by Gasteiger charge is 2.15. The highest BCUT2D eigenvalue weighted by atomic mass is 32.2. The summed E-state index contributed by atoms with van der Waals surface area (Å²) in [5.74, 6) is 0.243. The van der Waals surface area contributed by atoms with Gasteiger partial charge < -0.3 is 5.11 Å². The Morgan fingerprint density at radius 1 is 1.44 bits per heavy atom. The lowest BCUT2D eigenvalue weighted by Crippen LogP contribution is -2.14. The van der Waals surface area contributed by atoms with Gasteiger partial charge in [0.15, 0.2) is 0 Å². The van der Waals surface area contributed by atoms with Crippen LogP contribution in [0, 0.1) is 0 Å². The second-order valence-corrected chi connectivity index (χ2v) is 4.44. The fraction of sp³-hybridized carbons (Fsp3) is 1.00. The first kappa shape index (κ1) is 9.31. The number of hydrogen-bond acceptors (Lipinski definition) is 2. The minimum absolute atomic E-state index is 0.243. The first-order valence-electron chi connectivity index (χ1n) is 3.37. The molecule has 2 heteroatoms. The summed E-state index contributed by atoms with van der Waals surface area (Å²) in [4.78, 5) is 0. The molecule has 1 N–H and O–H groups in total. The summed E-state index contributed by atoms with van der Waals surface area (Å²) < 4.78 is 0.267. The first-order valence-corrected chi connectivity index (χ1v) is 4.36. The largest absolute Gasteiger partial charge is 0.386 e. The Kier molecular flexibility index (Phi) is 4.32. The predicted molar refractivity (Wildman–Crippen MR) is 43.7 cm³/mol. The number of thioether (sulfide) groups is 1. The number of aliphatic hydroxyl groups excluding tert-OH is 1. The molecule has 0 aromatic rings. The molecule has 0 radical (unpaired) electrons. The van der Waals surface area contributed by atoms with Gasteiger partial charge >= 0.3 is 0 Å². The molecule has 0 amide bonds. The Bertz CT molecular complexity index is 63.3. The van der Waals surface area contributed by atoms with Crippen LogP contribution in [0.2, 0.25) is 0 Å². The lowest BCUT2D eigenvalue weighted by molar-refractivity contribution is 0.372. The lowest BCUT2D eigenvalue weighted by Gasteiger charge is -2.21. The molecule has 0 bridgehead atoms. The maximum Gasteiger partial charge on any atom is 0.0891 e. The molecule has 56 valence electrons. The van der Waals surface area contributed by atoms with Crippen molar-refractivity contribution in [2.45, 2.75) is 38.4 Å². The fourth-order valence-corrected chi connectivity index (χ4v) is 1.55. The van der Waals surface area contributed by atoms with Crippen LogP contribution in [-0.2, 0) is 0 Å². The van der Waals surface area contributed by atoms with Crippen LogP contribution in [0.3, 0.4) is 0 Å². The fourth-order valence-electron chi connectivity index (χ4n) is 0.849. The first-order chi connectivity index (χ1) is 4.12. The second kappa shape index (κ2) is 4.18. The quantitative estimate of drug-likeness (QED) is 0.617. The molecule has 0 fully saturated rings. The van der Waals surface area contributed by atoms with E-state index >= 15 is 0 Å². The van der Waals surface area contributed by atoms with Crippen molar-refractivity contribution in [3.63, 3.8) is 0 Å². The van der Waals surface area contributed by atoms with Gasteiger partial charge in [0, 0.05) is 4.75 Å². The minimum atomic E-state index is 0.243. The van der Waals surface area contributed by atoms with Crippen LogP contribution in [0.4, 0.5) is 0 Å². The third-order valence-electron chi connectivity index (χ3n) is 1.31. The molecular formula is C7H16OS. The molecule has 0 aliphatic rings. The van der Waals surface area contributed by atoms with E-state index in [9.17, 15) is 0 Å². The predicted octanol–water partition coefficient (Wildman–Crippen LogP) is 2.25. The third-order valence-corrected chi connectivity index (χ3v) is 2.42. The SMILES string of the molecule is CCCC(C)(C)SCO. The van der Waals surface area contributed by atoms with E-state index in [0.717, 1.165) is 0 Å². The number of rotatable bonds is 4. The van der Waals surface area contributed by atoms with Crippen molar-refractivity contribution in [2.24, 2.45) is 0 Å². The van der Waals surface area contributed by atoms with E-state index in [1.807, 2.05) is 0 Å². The van der Waals surface area contributed by atoms with Crippen molar-refractivity contribution in [3.05, 3.63) is 0 Å². The molecule has 0 spiro atoms. The zero-order valence-electron chi connectivity index (χ0n) is 6.48. The van der Waals surface area contributed by atoms with Crippen molar-refractivity contribution in [1.82, 2.24) is 0 Å². The molecule has 0 heterocycles. The van der Waals surface area contributed by atoms with Crippen molar-refractivity contribution >= 4 is 11.8 Å². The van der Waals surface area contributed by atoms with Crippen molar-refractivity contribution < 1.29 is 5.11 Å². The van der Waals surface area contributed by atoms with Gasteiger partial charge in [0.25, 0.3) is 0 Å². The molecule has 0 aliphatic heterocycles. The molecule has 0 aromatic heterocycles. The summed E-state index contributed by atoms with van der Waals surface area (Å²) in [5, 5.41) is 8.59. The normalized spacial score (nSPS) is 12.0. The lowest BCUT2D eigenvalue weighted by atomic mass is 10.1.